The van der Waals surface area contributed by atoms with Crippen molar-refractivity contribution in [2.45, 2.75) is 32.0 Å². The van der Waals surface area contributed by atoms with Crippen LogP contribution in [0.25, 0.3) is 0 Å². The number of halogens is 2. The topological polar surface area (TPSA) is 42.7 Å². The molecular formula is C13H14BrFN4. The summed E-state index contributed by atoms with van der Waals surface area (Å²) in [5, 5.41) is 7.54. The van der Waals surface area contributed by atoms with E-state index in [9.17, 15) is 4.39 Å². The monoisotopic (exact) mass is 324 g/mol. The van der Waals surface area contributed by atoms with Crippen molar-refractivity contribution in [3.05, 3.63) is 46.2 Å². The molecular weight excluding hydrogens is 311 g/mol. The highest BCUT2D eigenvalue weighted by Gasteiger charge is 2.21. The summed E-state index contributed by atoms with van der Waals surface area (Å²) < 4.78 is 16.3. The average molecular weight is 325 g/mol. The third kappa shape index (κ3) is 3.19. The number of aromatic nitrogens is 3. The average Bonchev–Trinajstić information content (AvgIpc) is 3.11. The van der Waals surface area contributed by atoms with Crippen LogP contribution >= 0.6 is 15.9 Å². The molecule has 0 spiro atoms. The molecule has 0 amide bonds. The standard InChI is InChI=1S/C13H14BrFN4/c14-10-2-1-9(12(15)5-10)7-19-13(17-8-18-19)6-16-11-3-4-11/h1-2,5,8,11,16H,3-4,6-7H2. The smallest absolute Gasteiger partial charge is 0.141 e. The molecule has 1 aromatic heterocycles. The maximum absolute atomic E-state index is 13.8. The van der Waals surface area contributed by atoms with E-state index in [2.05, 4.69) is 31.3 Å². The fourth-order valence-corrected chi connectivity index (χ4v) is 2.22. The molecule has 2 aromatic rings. The third-order valence-corrected chi connectivity index (χ3v) is 3.65. The molecule has 0 saturated heterocycles. The molecule has 1 aliphatic carbocycles. The summed E-state index contributed by atoms with van der Waals surface area (Å²) >= 11 is 3.25. The highest BCUT2D eigenvalue weighted by molar-refractivity contribution is 9.10. The summed E-state index contributed by atoms with van der Waals surface area (Å²) in [5.41, 5.74) is 0.612. The Hall–Kier alpha value is -1.27. The predicted octanol–water partition coefficient (Wildman–Crippen LogP) is 2.48. The Labute approximate surface area is 119 Å². The van der Waals surface area contributed by atoms with Gasteiger partial charge in [-0.3, -0.25) is 0 Å². The van der Waals surface area contributed by atoms with Gasteiger partial charge in [0.1, 0.15) is 18.0 Å². The summed E-state index contributed by atoms with van der Waals surface area (Å²) in [6.07, 6.45) is 3.98. The van der Waals surface area contributed by atoms with Crippen molar-refractivity contribution in [1.82, 2.24) is 20.1 Å². The predicted molar refractivity (Wildman–Crippen MR) is 73.1 cm³/mol. The van der Waals surface area contributed by atoms with Crippen LogP contribution in [0.15, 0.2) is 29.0 Å². The van der Waals surface area contributed by atoms with Gasteiger partial charge in [0.05, 0.1) is 13.1 Å². The van der Waals surface area contributed by atoms with Crippen molar-refractivity contribution in [1.29, 1.82) is 0 Å². The fraction of sp³-hybridized carbons (Fsp3) is 0.385. The van der Waals surface area contributed by atoms with Crippen molar-refractivity contribution in [3.63, 3.8) is 0 Å². The van der Waals surface area contributed by atoms with E-state index in [0.29, 0.717) is 24.7 Å². The van der Waals surface area contributed by atoms with E-state index in [1.165, 1.54) is 25.2 Å². The van der Waals surface area contributed by atoms with Gasteiger partial charge in [-0.05, 0) is 25.0 Å². The molecule has 4 nitrogen and oxygen atoms in total. The first-order chi connectivity index (χ1) is 9.22. The van der Waals surface area contributed by atoms with E-state index in [1.54, 1.807) is 10.7 Å². The SMILES string of the molecule is Fc1cc(Br)ccc1Cn1ncnc1CNC1CC1. The fourth-order valence-electron chi connectivity index (χ4n) is 1.89. The Bertz CT molecular complexity index is 580. The van der Waals surface area contributed by atoms with Crippen LogP contribution in [0.5, 0.6) is 0 Å². The second-order valence-electron chi connectivity index (χ2n) is 4.72. The summed E-state index contributed by atoms with van der Waals surface area (Å²) in [6, 6.07) is 5.68. The summed E-state index contributed by atoms with van der Waals surface area (Å²) in [7, 11) is 0. The van der Waals surface area contributed by atoms with Crippen LogP contribution in [0.1, 0.15) is 24.2 Å². The van der Waals surface area contributed by atoms with E-state index < -0.39 is 0 Å². The van der Waals surface area contributed by atoms with Crippen LogP contribution in [0.3, 0.4) is 0 Å². The highest BCUT2D eigenvalue weighted by atomic mass is 79.9. The minimum atomic E-state index is -0.231. The molecule has 0 aliphatic heterocycles. The molecule has 3 rings (SSSR count). The van der Waals surface area contributed by atoms with Crippen molar-refractivity contribution in [2.75, 3.05) is 0 Å². The molecule has 100 valence electrons. The Balaban J connectivity index is 1.73. The van der Waals surface area contributed by atoms with Crippen molar-refractivity contribution >= 4 is 15.9 Å². The molecule has 1 fully saturated rings. The number of benzene rings is 1. The van der Waals surface area contributed by atoms with Gasteiger partial charge in [-0.25, -0.2) is 14.1 Å². The van der Waals surface area contributed by atoms with Gasteiger partial charge >= 0.3 is 0 Å². The first kappa shape index (κ1) is 12.7. The molecule has 0 radical (unpaired) electrons. The highest BCUT2D eigenvalue weighted by Crippen LogP contribution is 2.19. The molecule has 0 bridgehead atoms. The van der Waals surface area contributed by atoms with Crippen LogP contribution in [-0.4, -0.2) is 20.8 Å². The molecule has 0 atom stereocenters. The zero-order valence-corrected chi connectivity index (χ0v) is 11.9. The van der Waals surface area contributed by atoms with Crippen molar-refractivity contribution in [2.24, 2.45) is 0 Å². The number of hydrogen-bond donors (Lipinski definition) is 1. The van der Waals surface area contributed by atoms with E-state index >= 15 is 0 Å². The quantitative estimate of drug-likeness (QED) is 0.918. The molecule has 1 saturated carbocycles. The molecule has 1 N–H and O–H groups in total. The Kier molecular flexibility index (Phi) is 3.61. The number of rotatable bonds is 5. The first-order valence-electron chi connectivity index (χ1n) is 6.26. The summed E-state index contributed by atoms with van der Waals surface area (Å²) in [5.74, 6) is 0.611. The molecule has 1 aliphatic rings. The Morgan fingerprint density at radius 3 is 3.00 bits per heavy atom. The third-order valence-electron chi connectivity index (χ3n) is 3.16. The van der Waals surface area contributed by atoms with Crippen LogP contribution in [0.4, 0.5) is 4.39 Å². The molecule has 19 heavy (non-hydrogen) atoms. The zero-order chi connectivity index (χ0) is 13.2. The van der Waals surface area contributed by atoms with Crippen molar-refractivity contribution < 1.29 is 4.39 Å². The first-order valence-corrected chi connectivity index (χ1v) is 7.05. The summed E-state index contributed by atoms with van der Waals surface area (Å²) in [6.45, 7) is 1.09. The van der Waals surface area contributed by atoms with Gasteiger partial charge < -0.3 is 5.32 Å². The lowest BCUT2D eigenvalue weighted by atomic mass is 10.2. The zero-order valence-electron chi connectivity index (χ0n) is 10.3. The minimum absolute atomic E-state index is 0.231. The van der Waals surface area contributed by atoms with E-state index in [0.717, 1.165) is 10.3 Å². The maximum atomic E-state index is 13.8. The number of nitrogens with zero attached hydrogens (tertiary/aromatic N) is 3. The van der Waals surface area contributed by atoms with Gasteiger partial charge in [0, 0.05) is 16.1 Å². The number of hydrogen-bond acceptors (Lipinski definition) is 3. The van der Waals surface area contributed by atoms with Gasteiger partial charge in [-0.2, -0.15) is 5.10 Å². The lowest BCUT2D eigenvalue weighted by molar-refractivity contribution is 0.554. The molecule has 1 heterocycles. The second kappa shape index (κ2) is 5.38. The van der Waals surface area contributed by atoms with Crippen LogP contribution < -0.4 is 5.32 Å². The number of nitrogens with one attached hydrogen (secondary N) is 1. The Morgan fingerprint density at radius 2 is 2.26 bits per heavy atom. The molecule has 1 aromatic carbocycles. The van der Waals surface area contributed by atoms with Gasteiger partial charge in [-0.15, -0.1) is 0 Å². The minimum Gasteiger partial charge on any atom is -0.307 e. The van der Waals surface area contributed by atoms with E-state index in [4.69, 9.17) is 0 Å². The Morgan fingerprint density at radius 1 is 1.42 bits per heavy atom. The van der Waals surface area contributed by atoms with Gasteiger partial charge in [0.2, 0.25) is 0 Å². The lowest BCUT2D eigenvalue weighted by Gasteiger charge is -2.08. The largest absolute Gasteiger partial charge is 0.307 e. The van der Waals surface area contributed by atoms with Crippen LogP contribution in [0.2, 0.25) is 0 Å². The molecule has 0 unspecified atom stereocenters. The van der Waals surface area contributed by atoms with Gasteiger partial charge in [-0.1, -0.05) is 22.0 Å². The van der Waals surface area contributed by atoms with E-state index in [1.807, 2.05) is 6.07 Å². The maximum Gasteiger partial charge on any atom is 0.141 e. The van der Waals surface area contributed by atoms with Gasteiger partial charge in [0.15, 0.2) is 0 Å². The van der Waals surface area contributed by atoms with Crippen molar-refractivity contribution in [3.8, 4) is 0 Å². The molecule has 6 heteroatoms. The lowest BCUT2D eigenvalue weighted by Crippen LogP contribution is -2.20. The van der Waals surface area contributed by atoms with E-state index in [-0.39, 0.29) is 5.82 Å². The normalized spacial score (nSPS) is 14.8. The summed E-state index contributed by atoms with van der Waals surface area (Å²) in [4.78, 5) is 4.22. The van der Waals surface area contributed by atoms with Crippen LogP contribution in [-0.2, 0) is 13.1 Å². The van der Waals surface area contributed by atoms with Gasteiger partial charge in [0.25, 0.3) is 0 Å². The second-order valence-corrected chi connectivity index (χ2v) is 5.64. The van der Waals surface area contributed by atoms with Crippen LogP contribution in [0, 0.1) is 5.82 Å².